The molecule has 4 aliphatic carbocycles. The van der Waals surface area contributed by atoms with Gasteiger partial charge in [0.05, 0.1) is 0 Å². The van der Waals surface area contributed by atoms with Crippen molar-refractivity contribution in [1.29, 1.82) is 0 Å². The summed E-state index contributed by atoms with van der Waals surface area (Å²) in [7, 11) is 0. The third-order valence-electron chi connectivity index (χ3n) is 12.0. The molecule has 0 aromatic heterocycles. The molecule has 0 fully saturated rings. The molecule has 1 nitrogen and oxygen atoms in total. The number of rotatable bonds is 6. The molecule has 6 bridgehead atoms. The number of hydrogen-bond donors (Lipinski definition) is 0. The normalized spacial score (nSPS) is 14.3. The smallest absolute Gasteiger partial charge is 0.0462 e. The fraction of sp³-hybridized carbons (Fsp3) is 0.0545. The number of hydrogen-bond acceptors (Lipinski definition) is 1. The first kappa shape index (κ1) is 32.5. The molecule has 0 heterocycles. The van der Waals surface area contributed by atoms with E-state index in [1.54, 1.807) is 0 Å². The Labute approximate surface area is 329 Å². The average Bonchev–Trinajstić information content (AvgIpc) is 3.27. The van der Waals surface area contributed by atoms with Gasteiger partial charge >= 0.3 is 0 Å². The zero-order chi connectivity index (χ0) is 37.0. The van der Waals surface area contributed by atoms with Gasteiger partial charge in [-0.25, -0.2) is 0 Å². The van der Waals surface area contributed by atoms with Crippen molar-refractivity contribution in [3.8, 4) is 66.8 Å². The zero-order valence-electron chi connectivity index (χ0n) is 31.1. The van der Waals surface area contributed by atoms with Crippen LogP contribution in [0.2, 0.25) is 0 Å². The third-order valence-corrected chi connectivity index (χ3v) is 12.0. The number of nitrogens with zero attached hydrogens (tertiary/aromatic N) is 1. The second kappa shape index (κ2) is 13.4. The van der Waals surface area contributed by atoms with Crippen LogP contribution in [0, 0.1) is 0 Å². The van der Waals surface area contributed by atoms with E-state index in [0.717, 1.165) is 29.9 Å². The molecular formula is C55H39N. The van der Waals surface area contributed by atoms with Gasteiger partial charge in [0.25, 0.3) is 0 Å². The van der Waals surface area contributed by atoms with E-state index in [9.17, 15) is 0 Å². The molecule has 8 aromatic carbocycles. The van der Waals surface area contributed by atoms with Gasteiger partial charge in [0.2, 0.25) is 0 Å². The molecule has 264 valence electrons. The van der Waals surface area contributed by atoms with E-state index in [1.165, 1.54) is 83.5 Å². The van der Waals surface area contributed by atoms with Crippen molar-refractivity contribution in [3.05, 3.63) is 223 Å². The Morgan fingerprint density at radius 1 is 0.375 bits per heavy atom. The van der Waals surface area contributed by atoms with Crippen molar-refractivity contribution in [2.45, 2.75) is 18.8 Å². The van der Waals surface area contributed by atoms with Crippen LogP contribution in [0.25, 0.3) is 66.8 Å². The largest absolute Gasteiger partial charge is 0.311 e. The minimum atomic E-state index is 0.416. The van der Waals surface area contributed by atoms with E-state index >= 15 is 0 Å². The van der Waals surface area contributed by atoms with E-state index in [4.69, 9.17) is 0 Å². The minimum absolute atomic E-state index is 0.416. The van der Waals surface area contributed by atoms with Crippen molar-refractivity contribution in [3.63, 3.8) is 0 Å². The van der Waals surface area contributed by atoms with Crippen LogP contribution in [0.4, 0.5) is 17.1 Å². The molecule has 1 atom stereocenters. The molecule has 0 aliphatic heterocycles. The SMILES string of the molecule is C1=CCC(c2ccc(N(c3ccc(-c4ccccc4)cc3)c3ccc(-c4ccc5c(c4)-c4c6cccc4-c4ccccc4-c4c(cccc4-5)C6)cc3)cc2)C=C1. The lowest BCUT2D eigenvalue weighted by atomic mass is 9.73. The third kappa shape index (κ3) is 5.47. The molecule has 8 aromatic rings. The predicted octanol–water partition coefficient (Wildman–Crippen LogP) is 15.0. The van der Waals surface area contributed by atoms with E-state index in [0.29, 0.717) is 5.92 Å². The Morgan fingerprint density at radius 2 is 0.893 bits per heavy atom. The van der Waals surface area contributed by atoms with E-state index in [2.05, 4.69) is 211 Å². The maximum Gasteiger partial charge on any atom is 0.0462 e. The van der Waals surface area contributed by atoms with Gasteiger partial charge in [-0.2, -0.15) is 0 Å². The molecule has 0 N–H and O–H groups in total. The Hall–Kier alpha value is -6.96. The molecule has 1 heteroatoms. The first-order valence-corrected chi connectivity index (χ1v) is 19.7. The van der Waals surface area contributed by atoms with Gasteiger partial charge in [-0.3, -0.25) is 0 Å². The molecule has 1 unspecified atom stereocenters. The maximum absolute atomic E-state index is 2.44. The van der Waals surface area contributed by atoms with Gasteiger partial charge in [0, 0.05) is 23.0 Å². The zero-order valence-corrected chi connectivity index (χ0v) is 31.1. The van der Waals surface area contributed by atoms with E-state index in [-0.39, 0.29) is 0 Å². The number of anilines is 3. The molecule has 0 saturated carbocycles. The topological polar surface area (TPSA) is 3.24 Å². The summed E-state index contributed by atoms with van der Waals surface area (Å²) in [6, 6.07) is 67.7. The Kier molecular flexibility index (Phi) is 7.77. The van der Waals surface area contributed by atoms with Crippen LogP contribution >= 0.6 is 0 Å². The van der Waals surface area contributed by atoms with Gasteiger partial charge in [0.1, 0.15) is 0 Å². The lowest BCUT2D eigenvalue weighted by Crippen LogP contribution is -2.10. The summed E-state index contributed by atoms with van der Waals surface area (Å²) in [6.07, 6.45) is 10.8. The Bertz CT molecular complexity index is 2820. The van der Waals surface area contributed by atoms with Crippen LogP contribution in [-0.2, 0) is 6.42 Å². The van der Waals surface area contributed by atoms with Crippen LogP contribution in [0.15, 0.2) is 206 Å². The highest BCUT2D eigenvalue weighted by atomic mass is 15.1. The predicted molar refractivity (Wildman–Crippen MR) is 236 cm³/mol. The van der Waals surface area contributed by atoms with Gasteiger partial charge in [-0.05, 0) is 139 Å². The van der Waals surface area contributed by atoms with Gasteiger partial charge in [-0.1, -0.05) is 164 Å². The first-order chi connectivity index (χ1) is 27.8. The Balaban J connectivity index is 1.00. The summed E-state index contributed by atoms with van der Waals surface area (Å²) in [4.78, 5) is 2.37. The lowest BCUT2D eigenvalue weighted by Gasteiger charge is -2.30. The van der Waals surface area contributed by atoms with Crippen molar-refractivity contribution >= 4 is 17.1 Å². The monoisotopic (exact) mass is 713 g/mol. The van der Waals surface area contributed by atoms with Crippen LogP contribution in [0.1, 0.15) is 29.0 Å². The highest BCUT2D eigenvalue weighted by Crippen LogP contribution is 2.53. The summed E-state index contributed by atoms with van der Waals surface area (Å²) in [5.74, 6) is 0.416. The highest BCUT2D eigenvalue weighted by Gasteiger charge is 2.28. The van der Waals surface area contributed by atoms with Gasteiger partial charge in [-0.15, -0.1) is 0 Å². The standard InChI is InChI=1S/C55H39N/c1-3-11-37(12-4-1)39-21-28-45(29-22-39)56(46-30-23-40(24-31-46)38-13-5-2-6-14-38)47-32-25-41(26-33-47)42-27-34-49-52-20-9-15-43-35-44-16-10-19-51(55(44)53(49)36-42)48-17-7-8-18-50(48)54(43)52/h1-13,15-34,36,38H,14,35H2. The van der Waals surface area contributed by atoms with Crippen molar-refractivity contribution < 1.29 is 0 Å². The quantitative estimate of drug-likeness (QED) is 0.166. The fourth-order valence-corrected chi connectivity index (χ4v) is 9.27. The lowest BCUT2D eigenvalue weighted by molar-refractivity contribution is 0.854. The van der Waals surface area contributed by atoms with E-state index < -0.39 is 0 Å². The Morgan fingerprint density at radius 3 is 1.54 bits per heavy atom. The fourth-order valence-electron chi connectivity index (χ4n) is 9.27. The number of allylic oxidation sites excluding steroid dienone is 4. The van der Waals surface area contributed by atoms with Crippen LogP contribution in [-0.4, -0.2) is 0 Å². The number of benzene rings is 8. The van der Waals surface area contributed by atoms with Crippen LogP contribution in [0.3, 0.4) is 0 Å². The molecule has 0 saturated heterocycles. The highest BCUT2D eigenvalue weighted by molar-refractivity contribution is 6.06. The molecule has 0 amide bonds. The van der Waals surface area contributed by atoms with Crippen molar-refractivity contribution in [1.82, 2.24) is 0 Å². The molecule has 12 rings (SSSR count). The maximum atomic E-state index is 2.44. The van der Waals surface area contributed by atoms with Crippen LogP contribution < -0.4 is 4.90 Å². The summed E-state index contributed by atoms with van der Waals surface area (Å²) in [5, 5.41) is 0. The molecule has 0 spiro atoms. The van der Waals surface area contributed by atoms with Crippen molar-refractivity contribution in [2.75, 3.05) is 4.90 Å². The minimum Gasteiger partial charge on any atom is -0.311 e. The van der Waals surface area contributed by atoms with Gasteiger partial charge < -0.3 is 4.90 Å². The van der Waals surface area contributed by atoms with Crippen LogP contribution in [0.5, 0.6) is 0 Å². The average molecular weight is 714 g/mol. The summed E-state index contributed by atoms with van der Waals surface area (Å²) < 4.78 is 0. The van der Waals surface area contributed by atoms with E-state index in [1.807, 2.05) is 0 Å². The molecule has 0 radical (unpaired) electrons. The molecular weight excluding hydrogens is 675 g/mol. The van der Waals surface area contributed by atoms with Gasteiger partial charge in [0.15, 0.2) is 0 Å². The summed E-state index contributed by atoms with van der Waals surface area (Å²) in [6.45, 7) is 0. The molecule has 4 aliphatic rings. The summed E-state index contributed by atoms with van der Waals surface area (Å²) in [5.41, 5.74) is 23.0. The first-order valence-electron chi connectivity index (χ1n) is 19.7. The van der Waals surface area contributed by atoms with Crippen molar-refractivity contribution in [2.24, 2.45) is 0 Å². The second-order valence-electron chi connectivity index (χ2n) is 15.2. The summed E-state index contributed by atoms with van der Waals surface area (Å²) >= 11 is 0. The molecule has 56 heavy (non-hydrogen) atoms. The second-order valence-corrected chi connectivity index (χ2v) is 15.2.